The molecule has 0 saturated heterocycles. The third kappa shape index (κ3) is 4.98. The molecule has 1 atom stereocenters. The van der Waals surface area contributed by atoms with E-state index in [4.69, 9.17) is 16.6 Å². The van der Waals surface area contributed by atoms with Crippen molar-refractivity contribution in [1.29, 1.82) is 10.8 Å². The Kier molecular flexibility index (Phi) is 5.84. The van der Waals surface area contributed by atoms with Gasteiger partial charge in [-0.1, -0.05) is 24.3 Å². The summed E-state index contributed by atoms with van der Waals surface area (Å²) in [5.74, 6) is -2.66. The molecule has 0 spiro atoms. The van der Waals surface area contributed by atoms with Crippen molar-refractivity contribution in [2.24, 2.45) is 11.7 Å². The molecule has 4 N–H and O–H groups in total. The van der Waals surface area contributed by atoms with Gasteiger partial charge >= 0.3 is 6.18 Å². The Morgan fingerprint density at radius 3 is 2.23 bits per heavy atom. The van der Waals surface area contributed by atoms with Crippen LogP contribution in [-0.2, 0) is 17.6 Å². The number of halogens is 3. The van der Waals surface area contributed by atoms with Crippen LogP contribution in [0.25, 0.3) is 0 Å². The zero-order chi connectivity index (χ0) is 16.9. The summed E-state index contributed by atoms with van der Waals surface area (Å²) in [4.78, 5) is 11.0. The average Bonchev–Trinajstić information content (AvgIpc) is 2.34. The highest BCUT2D eigenvalue weighted by Crippen LogP contribution is 2.29. The first-order valence-electron chi connectivity index (χ1n) is 6.67. The molecule has 1 amide bonds. The van der Waals surface area contributed by atoms with Crippen molar-refractivity contribution in [2.75, 3.05) is 0 Å². The first-order valence-corrected chi connectivity index (χ1v) is 6.67. The molecule has 120 valence electrons. The molecule has 7 heteroatoms. The average molecular weight is 313 g/mol. The van der Waals surface area contributed by atoms with Crippen molar-refractivity contribution in [3.63, 3.8) is 0 Å². The van der Waals surface area contributed by atoms with Gasteiger partial charge in [-0.05, 0) is 30.9 Å². The molecule has 0 fully saturated rings. The van der Waals surface area contributed by atoms with Crippen molar-refractivity contribution in [2.45, 2.75) is 32.4 Å². The lowest BCUT2D eigenvalue weighted by Gasteiger charge is -2.20. The first-order chi connectivity index (χ1) is 10.1. The number of benzene rings is 1. The van der Waals surface area contributed by atoms with Gasteiger partial charge in [0.15, 0.2) is 0 Å². The second-order valence-corrected chi connectivity index (χ2v) is 5.09. The highest BCUT2D eigenvalue weighted by molar-refractivity contribution is 6.04. The summed E-state index contributed by atoms with van der Waals surface area (Å²) in [5, 5.41) is 14.9. The number of hydrogen-bond donors (Lipinski definition) is 3. The maximum atomic E-state index is 12.9. The third-order valence-corrected chi connectivity index (χ3v) is 3.26. The van der Waals surface area contributed by atoms with Gasteiger partial charge in [0.1, 0.15) is 5.92 Å². The van der Waals surface area contributed by atoms with Crippen molar-refractivity contribution in [3.05, 3.63) is 35.4 Å². The molecular formula is C15H18F3N3O. The van der Waals surface area contributed by atoms with Crippen LogP contribution in [0, 0.1) is 16.7 Å². The van der Waals surface area contributed by atoms with Crippen LogP contribution in [0.4, 0.5) is 13.2 Å². The standard InChI is InChI=1S/C15H18F3N3O/c1-9(19)14(15(16,17)18)12(20)7-6-10-4-2-3-5-11(10)8-13(21)22/h2-5,14,19-20H,6-8H2,1H3,(H2,21,22). The number of carbonyl (C=O) groups excluding carboxylic acids is 1. The second-order valence-electron chi connectivity index (χ2n) is 5.09. The summed E-state index contributed by atoms with van der Waals surface area (Å²) in [6, 6.07) is 6.82. The molecule has 22 heavy (non-hydrogen) atoms. The van der Waals surface area contributed by atoms with E-state index in [1.165, 1.54) is 0 Å². The lowest BCUT2D eigenvalue weighted by molar-refractivity contribution is -0.139. The molecular weight excluding hydrogens is 295 g/mol. The Hall–Kier alpha value is -2.18. The fraction of sp³-hybridized carbons (Fsp3) is 0.400. The van der Waals surface area contributed by atoms with E-state index >= 15 is 0 Å². The Morgan fingerprint density at radius 2 is 1.77 bits per heavy atom. The number of aryl methyl sites for hydroxylation is 1. The monoisotopic (exact) mass is 313 g/mol. The van der Waals surface area contributed by atoms with Gasteiger partial charge in [0.05, 0.1) is 6.42 Å². The topological polar surface area (TPSA) is 90.8 Å². The summed E-state index contributed by atoms with van der Waals surface area (Å²) < 4.78 is 38.6. The molecule has 0 aliphatic heterocycles. The molecule has 0 radical (unpaired) electrons. The Labute approximate surface area is 126 Å². The van der Waals surface area contributed by atoms with Crippen LogP contribution < -0.4 is 5.73 Å². The molecule has 1 rings (SSSR count). The minimum absolute atomic E-state index is 0.00973. The summed E-state index contributed by atoms with van der Waals surface area (Å²) >= 11 is 0. The molecule has 0 bridgehead atoms. The molecule has 4 nitrogen and oxygen atoms in total. The maximum absolute atomic E-state index is 12.9. The van der Waals surface area contributed by atoms with E-state index in [0.29, 0.717) is 11.1 Å². The van der Waals surface area contributed by atoms with Gasteiger partial charge in [0.25, 0.3) is 0 Å². The zero-order valence-corrected chi connectivity index (χ0v) is 12.1. The summed E-state index contributed by atoms with van der Waals surface area (Å²) in [5.41, 5.74) is 5.33. The quantitative estimate of drug-likeness (QED) is 0.664. The predicted molar refractivity (Wildman–Crippen MR) is 78.3 cm³/mol. The highest BCUT2D eigenvalue weighted by Gasteiger charge is 2.43. The first kappa shape index (κ1) is 17.9. The zero-order valence-electron chi connectivity index (χ0n) is 12.1. The second kappa shape index (κ2) is 7.20. The van der Waals surface area contributed by atoms with E-state index in [9.17, 15) is 18.0 Å². The molecule has 0 aliphatic carbocycles. The highest BCUT2D eigenvalue weighted by atomic mass is 19.4. The fourth-order valence-electron chi connectivity index (χ4n) is 2.28. The third-order valence-electron chi connectivity index (χ3n) is 3.26. The SMILES string of the molecule is CC(=N)C(C(=N)CCc1ccccc1CC(N)=O)C(F)(F)F. The smallest absolute Gasteiger partial charge is 0.369 e. The van der Waals surface area contributed by atoms with Crippen molar-refractivity contribution in [1.82, 2.24) is 0 Å². The number of hydrogen-bond acceptors (Lipinski definition) is 3. The lowest BCUT2D eigenvalue weighted by Crippen LogP contribution is -2.35. The number of nitrogens with one attached hydrogen (secondary N) is 2. The van der Waals surface area contributed by atoms with Crippen LogP contribution in [0.5, 0.6) is 0 Å². The van der Waals surface area contributed by atoms with Crippen molar-refractivity contribution < 1.29 is 18.0 Å². The van der Waals surface area contributed by atoms with Crippen LogP contribution in [0.1, 0.15) is 24.5 Å². The van der Waals surface area contributed by atoms with Gasteiger partial charge in [0, 0.05) is 11.4 Å². The van der Waals surface area contributed by atoms with E-state index in [1.807, 2.05) is 0 Å². The van der Waals surface area contributed by atoms with E-state index in [0.717, 1.165) is 6.92 Å². The Bertz CT molecular complexity index is 582. The number of alkyl halides is 3. The van der Waals surface area contributed by atoms with Gasteiger partial charge in [-0.3, -0.25) is 4.79 Å². The maximum Gasteiger partial charge on any atom is 0.402 e. The molecule has 1 aromatic carbocycles. The van der Waals surface area contributed by atoms with Crippen LogP contribution in [0.3, 0.4) is 0 Å². The lowest BCUT2D eigenvalue weighted by atomic mass is 9.91. The van der Waals surface area contributed by atoms with Crippen molar-refractivity contribution in [3.8, 4) is 0 Å². The fourth-order valence-corrected chi connectivity index (χ4v) is 2.28. The number of amides is 1. The molecule has 0 aliphatic rings. The normalized spacial score (nSPS) is 12.7. The molecule has 0 heterocycles. The summed E-state index contributed by atoms with van der Waals surface area (Å²) in [7, 11) is 0. The van der Waals surface area contributed by atoms with E-state index < -0.39 is 29.4 Å². The Balaban J connectivity index is 2.83. The van der Waals surface area contributed by atoms with E-state index in [-0.39, 0.29) is 19.3 Å². The van der Waals surface area contributed by atoms with Crippen LogP contribution in [0.15, 0.2) is 24.3 Å². The van der Waals surface area contributed by atoms with Gasteiger partial charge in [-0.25, -0.2) is 0 Å². The minimum Gasteiger partial charge on any atom is -0.369 e. The number of primary amides is 1. The van der Waals surface area contributed by atoms with E-state index in [2.05, 4.69) is 0 Å². The molecule has 1 aromatic rings. The molecule has 0 saturated carbocycles. The minimum atomic E-state index is -4.63. The summed E-state index contributed by atoms with van der Waals surface area (Å²) in [6.45, 7) is 1.05. The van der Waals surface area contributed by atoms with Gasteiger partial charge < -0.3 is 16.6 Å². The summed E-state index contributed by atoms with van der Waals surface area (Å²) in [6.07, 6.45) is -4.55. The van der Waals surface area contributed by atoms with Gasteiger partial charge in [0.2, 0.25) is 5.91 Å². The Morgan fingerprint density at radius 1 is 1.23 bits per heavy atom. The van der Waals surface area contributed by atoms with Gasteiger partial charge in [-0.2, -0.15) is 13.2 Å². The molecule has 0 aromatic heterocycles. The van der Waals surface area contributed by atoms with Crippen LogP contribution >= 0.6 is 0 Å². The largest absolute Gasteiger partial charge is 0.402 e. The number of carbonyl (C=O) groups is 1. The number of nitrogens with two attached hydrogens (primary N) is 1. The predicted octanol–water partition coefficient (Wildman–Crippen LogP) is 2.88. The molecule has 1 unspecified atom stereocenters. The van der Waals surface area contributed by atoms with Crippen molar-refractivity contribution >= 4 is 17.3 Å². The van der Waals surface area contributed by atoms with E-state index in [1.54, 1.807) is 24.3 Å². The van der Waals surface area contributed by atoms with Gasteiger partial charge in [-0.15, -0.1) is 0 Å². The van der Waals surface area contributed by atoms with Crippen LogP contribution in [-0.4, -0.2) is 23.5 Å². The van der Waals surface area contributed by atoms with Crippen LogP contribution in [0.2, 0.25) is 0 Å². The number of rotatable bonds is 7.